The van der Waals surface area contributed by atoms with Crippen LogP contribution < -0.4 is 0 Å². The van der Waals surface area contributed by atoms with Gasteiger partial charge in [0.05, 0.1) is 11.7 Å². The number of esters is 1. The van der Waals surface area contributed by atoms with Gasteiger partial charge in [-0.1, -0.05) is 20.3 Å². The van der Waals surface area contributed by atoms with E-state index in [2.05, 4.69) is 13.8 Å². The molecule has 0 unspecified atom stereocenters. The maximum Gasteiger partial charge on any atom is 0.336 e. The van der Waals surface area contributed by atoms with Crippen LogP contribution in [0, 0.1) is 11.3 Å². The molecule has 2 aliphatic carbocycles. The van der Waals surface area contributed by atoms with Crippen LogP contribution in [-0.2, 0) is 19.0 Å². The Labute approximate surface area is 131 Å². The van der Waals surface area contributed by atoms with Crippen LogP contribution in [0.1, 0.15) is 46.5 Å². The number of fused-ring (bicyclic) bond motifs is 2. The summed E-state index contributed by atoms with van der Waals surface area (Å²) in [5.41, 5.74) is -0.138. The molecule has 5 nitrogen and oxygen atoms in total. The maximum absolute atomic E-state index is 12.2. The summed E-state index contributed by atoms with van der Waals surface area (Å²) < 4.78 is 17.0. The number of aliphatic hydroxyl groups is 1. The molecule has 5 heteroatoms. The van der Waals surface area contributed by atoms with Crippen molar-refractivity contribution in [3.8, 4) is 0 Å². The lowest BCUT2D eigenvalue weighted by Gasteiger charge is -2.61. The number of carbonyl (C=O) groups is 1. The Morgan fingerprint density at radius 1 is 1.36 bits per heavy atom. The van der Waals surface area contributed by atoms with Gasteiger partial charge in [-0.05, 0) is 25.7 Å². The summed E-state index contributed by atoms with van der Waals surface area (Å²) in [6, 6.07) is 0. The van der Waals surface area contributed by atoms with Gasteiger partial charge in [-0.15, -0.1) is 0 Å². The number of hydrogen-bond donors (Lipinski definition) is 1. The third-order valence-corrected chi connectivity index (χ3v) is 6.53. The molecule has 0 aromatic heterocycles. The van der Waals surface area contributed by atoms with Crippen LogP contribution in [0.2, 0.25) is 0 Å². The molecule has 124 valence electrons. The van der Waals surface area contributed by atoms with Gasteiger partial charge in [0.2, 0.25) is 5.79 Å². The minimum atomic E-state index is -1.19. The number of hydrogen-bond acceptors (Lipinski definition) is 5. The molecule has 0 aromatic carbocycles. The molecule has 0 saturated heterocycles. The lowest BCUT2D eigenvalue weighted by atomic mass is 9.49. The second-order valence-electron chi connectivity index (χ2n) is 7.29. The summed E-state index contributed by atoms with van der Waals surface area (Å²) in [6.45, 7) is 5.99. The van der Waals surface area contributed by atoms with Gasteiger partial charge in [-0.3, -0.25) is 0 Å². The number of rotatable bonds is 2. The van der Waals surface area contributed by atoms with E-state index in [0.29, 0.717) is 12.0 Å². The Hall–Kier alpha value is -0.910. The van der Waals surface area contributed by atoms with Gasteiger partial charge in [0, 0.05) is 37.2 Å². The third-order valence-electron chi connectivity index (χ3n) is 6.53. The van der Waals surface area contributed by atoms with E-state index in [-0.39, 0.29) is 18.3 Å². The maximum atomic E-state index is 12.2. The fourth-order valence-corrected chi connectivity index (χ4v) is 4.99. The number of methoxy groups -OCH3 is 2. The Bertz CT molecular complexity index is 541. The average Bonchev–Trinajstić information content (AvgIpc) is 2.71. The van der Waals surface area contributed by atoms with Crippen LogP contribution in [0.15, 0.2) is 11.1 Å². The van der Waals surface area contributed by atoms with E-state index < -0.39 is 22.9 Å². The van der Waals surface area contributed by atoms with Crippen molar-refractivity contribution in [3.63, 3.8) is 0 Å². The summed E-state index contributed by atoms with van der Waals surface area (Å²) >= 11 is 0. The largest absolute Gasteiger partial charge is 0.425 e. The first-order valence-electron chi connectivity index (χ1n) is 8.00. The predicted molar refractivity (Wildman–Crippen MR) is 80.0 cm³/mol. The molecule has 2 fully saturated rings. The first-order chi connectivity index (χ1) is 10.3. The molecular weight excluding hydrogens is 284 g/mol. The van der Waals surface area contributed by atoms with Gasteiger partial charge in [0.25, 0.3) is 0 Å². The molecule has 0 amide bonds. The summed E-state index contributed by atoms with van der Waals surface area (Å²) in [4.78, 5) is 12.2. The smallest absolute Gasteiger partial charge is 0.336 e. The molecule has 3 rings (SSSR count). The van der Waals surface area contributed by atoms with Crippen LogP contribution in [0.25, 0.3) is 0 Å². The fraction of sp³-hybridized carbons (Fsp3) is 0.824. The van der Waals surface area contributed by atoms with Gasteiger partial charge in [-0.25, -0.2) is 4.79 Å². The molecule has 3 aliphatic rings. The molecule has 5 atom stereocenters. The van der Waals surface area contributed by atoms with Crippen molar-refractivity contribution in [2.24, 2.45) is 11.3 Å². The van der Waals surface area contributed by atoms with E-state index in [0.717, 1.165) is 18.4 Å². The normalized spacial score (nSPS) is 48.0. The summed E-state index contributed by atoms with van der Waals surface area (Å²) in [7, 11) is 3.16. The van der Waals surface area contributed by atoms with Crippen molar-refractivity contribution in [2.75, 3.05) is 14.2 Å². The Morgan fingerprint density at radius 2 is 2.05 bits per heavy atom. The Morgan fingerprint density at radius 3 is 2.64 bits per heavy atom. The Kier molecular flexibility index (Phi) is 3.48. The van der Waals surface area contributed by atoms with Crippen LogP contribution in [0.4, 0.5) is 0 Å². The zero-order valence-corrected chi connectivity index (χ0v) is 14.1. The molecular formula is C17H26O5. The van der Waals surface area contributed by atoms with Gasteiger partial charge in [0.1, 0.15) is 0 Å². The van der Waals surface area contributed by atoms with Crippen molar-refractivity contribution in [2.45, 2.75) is 63.9 Å². The van der Waals surface area contributed by atoms with Crippen molar-refractivity contribution in [3.05, 3.63) is 11.1 Å². The first kappa shape index (κ1) is 16.0. The minimum Gasteiger partial charge on any atom is -0.425 e. The number of carbonyl (C=O) groups excluding carboxylic acids is 1. The van der Waals surface area contributed by atoms with E-state index in [1.165, 1.54) is 7.11 Å². The Balaban J connectivity index is 2.22. The topological polar surface area (TPSA) is 65.0 Å². The third kappa shape index (κ3) is 1.67. The quantitative estimate of drug-likeness (QED) is 0.792. The molecule has 0 bridgehead atoms. The van der Waals surface area contributed by atoms with Crippen molar-refractivity contribution in [1.29, 1.82) is 0 Å². The molecule has 0 spiro atoms. The van der Waals surface area contributed by atoms with Crippen LogP contribution >= 0.6 is 0 Å². The van der Waals surface area contributed by atoms with Gasteiger partial charge in [0.15, 0.2) is 0 Å². The van der Waals surface area contributed by atoms with E-state index in [1.54, 1.807) is 14.0 Å². The van der Waals surface area contributed by atoms with Crippen molar-refractivity contribution < 1.29 is 24.1 Å². The second kappa shape index (κ2) is 4.79. The zero-order valence-electron chi connectivity index (χ0n) is 14.1. The highest BCUT2D eigenvalue weighted by Crippen LogP contribution is 2.62. The minimum absolute atomic E-state index is 0.273. The molecule has 0 radical (unpaired) electrons. The standard InChI is InChI=1S/C17H26O5/c1-10-7-6-8-16(19)9-17(21-5)12(11(2)14(18)22-17)13(20-4)15(10,16)3/h10,13,19H,6-9H2,1-5H3/t10-,13+,15-,16-,17-/m0/s1. The molecule has 1 heterocycles. The molecule has 1 aliphatic heterocycles. The molecule has 1 N–H and O–H groups in total. The highest BCUT2D eigenvalue weighted by Gasteiger charge is 2.69. The fourth-order valence-electron chi connectivity index (χ4n) is 4.99. The van der Waals surface area contributed by atoms with Gasteiger partial charge >= 0.3 is 5.97 Å². The second-order valence-corrected chi connectivity index (χ2v) is 7.29. The van der Waals surface area contributed by atoms with Crippen molar-refractivity contribution in [1.82, 2.24) is 0 Å². The SMILES string of the molecule is CO[C@@H]1C2=C(C)C(=O)O[C@@]2(OC)C[C@@]2(O)CCC[C@H](C)[C@@]12C. The van der Waals surface area contributed by atoms with Crippen LogP contribution in [0.5, 0.6) is 0 Å². The first-order valence-corrected chi connectivity index (χ1v) is 8.00. The predicted octanol–water partition coefficient (Wildman–Crippen LogP) is 2.18. The monoisotopic (exact) mass is 310 g/mol. The van der Waals surface area contributed by atoms with E-state index >= 15 is 0 Å². The van der Waals surface area contributed by atoms with Crippen molar-refractivity contribution >= 4 is 5.97 Å². The molecule has 22 heavy (non-hydrogen) atoms. The average molecular weight is 310 g/mol. The van der Waals surface area contributed by atoms with Gasteiger partial charge < -0.3 is 19.3 Å². The lowest BCUT2D eigenvalue weighted by Crippen LogP contribution is -2.68. The summed E-state index contributed by atoms with van der Waals surface area (Å²) in [5.74, 6) is -1.29. The van der Waals surface area contributed by atoms with Crippen LogP contribution in [-0.4, -0.2) is 42.8 Å². The van der Waals surface area contributed by atoms with E-state index in [4.69, 9.17) is 14.2 Å². The van der Waals surface area contributed by atoms with Gasteiger partial charge in [-0.2, -0.15) is 0 Å². The summed E-state index contributed by atoms with van der Waals surface area (Å²) in [5, 5.41) is 11.5. The molecule has 0 aromatic rings. The highest BCUT2D eigenvalue weighted by molar-refractivity contribution is 5.92. The zero-order chi connectivity index (χ0) is 16.3. The highest BCUT2D eigenvalue weighted by atomic mass is 16.7. The van der Waals surface area contributed by atoms with E-state index in [1.807, 2.05) is 0 Å². The van der Waals surface area contributed by atoms with Crippen LogP contribution in [0.3, 0.4) is 0 Å². The summed E-state index contributed by atoms with van der Waals surface area (Å²) in [6.07, 6.45) is 2.54. The van der Waals surface area contributed by atoms with E-state index in [9.17, 15) is 9.90 Å². The number of ether oxygens (including phenoxy) is 3. The molecule has 2 saturated carbocycles. The lowest BCUT2D eigenvalue weighted by molar-refractivity contribution is -0.282.